The molecule has 130 valence electrons. The number of benzene rings is 1. The zero-order chi connectivity index (χ0) is 16.8. The molecule has 0 bridgehead atoms. The fourth-order valence-corrected chi connectivity index (χ4v) is 3.28. The van der Waals surface area contributed by atoms with E-state index in [1.165, 1.54) is 5.56 Å². The lowest BCUT2D eigenvalue weighted by Gasteiger charge is -2.35. The molecule has 24 heavy (non-hydrogen) atoms. The zero-order valence-corrected chi connectivity index (χ0v) is 14.7. The van der Waals surface area contributed by atoms with Gasteiger partial charge in [0.1, 0.15) is 5.76 Å². The maximum Gasteiger partial charge on any atom is 0.125 e. The van der Waals surface area contributed by atoms with E-state index < -0.39 is 0 Å². The minimum Gasteiger partial charge on any atom is -0.467 e. The van der Waals surface area contributed by atoms with Gasteiger partial charge in [0, 0.05) is 26.2 Å². The average Bonchev–Trinajstić information content (AvgIpc) is 3.11. The highest BCUT2D eigenvalue weighted by molar-refractivity contribution is 5.26. The first-order chi connectivity index (χ1) is 11.6. The van der Waals surface area contributed by atoms with Gasteiger partial charge in [0.25, 0.3) is 0 Å². The average molecular weight is 328 g/mol. The Balaban J connectivity index is 1.64. The minimum atomic E-state index is 0.0881. The summed E-state index contributed by atoms with van der Waals surface area (Å²) in [4.78, 5) is 2.50. The van der Waals surface area contributed by atoms with E-state index in [1.807, 2.05) is 18.2 Å². The van der Waals surface area contributed by atoms with Crippen LogP contribution in [0.3, 0.4) is 0 Å². The molecular weight excluding hydrogens is 300 g/mol. The highest BCUT2D eigenvalue weighted by Gasteiger charge is 2.25. The number of ether oxygens (including phenoxy) is 1. The molecule has 4 nitrogen and oxygen atoms in total. The van der Waals surface area contributed by atoms with E-state index >= 15 is 0 Å². The molecule has 0 radical (unpaired) electrons. The van der Waals surface area contributed by atoms with E-state index in [1.54, 1.807) is 6.26 Å². The third kappa shape index (κ3) is 4.69. The molecule has 1 aromatic heterocycles. The second-order valence-corrected chi connectivity index (χ2v) is 7.29. The van der Waals surface area contributed by atoms with Crippen molar-refractivity contribution in [3.8, 4) is 0 Å². The highest BCUT2D eigenvalue weighted by atomic mass is 16.5. The van der Waals surface area contributed by atoms with Crippen LogP contribution >= 0.6 is 0 Å². The van der Waals surface area contributed by atoms with E-state index in [9.17, 15) is 0 Å². The number of furan rings is 1. The van der Waals surface area contributed by atoms with Crippen molar-refractivity contribution in [3.05, 3.63) is 60.1 Å². The molecule has 1 aromatic carbocycles. The number of nitrogens with one attached hydrogen (secondary N) is 1. The second-order valence-electron chi connectivity index (χ2n) is 7.29. The summed E-state index contributed by atoms with van der Waals surface area (Å²) in [6, 6.07) is 14.6. The summed E-state index contributed by atoms with van der Waals surface area (Å²) in [6.07, 6.45) is 1.74. The number of morpholine rings is 1. The summed E-state index contributed by atoms with van der Waals surface area (Å²) >= 11 is 0. The van der Waals surface area contributed by atoms with Gasteiger partial charge < -0.3 is 14.5 Å². The molecule has 0 amide bonds. The molecule has 1 N–H and O–H groups in total. The third-order valence-electron chi connectivity index (χ3n) is 4.50. The van der Waals surface area contributed by atoms with Crippen LogP contribution in [-0.2, 0) is 4.74 Å². The maximum absolute atomic E-state index is 5.68. The molecule has 1 aliphatic rings. The Morgan fingerprint density at radius 1 is 1.08 bits per heavy atom. The molecule has 0 aliphatic carbocycles. The molecule has 1 aliphatic heterocycles. The summed E-state index contributed by atoms with van der Waals surface area (Å²) in [5, 5.41) is 3.72. The molecule has 1 unspecified atom stereocenters. The Bertz CT molecular complexity index is 589. The second kappa shape index (κ2) is 7.97. The Labute approximate surface area is 144 Å². The lowest BCUT2D eigenvalue weighted by molar-refractivity contribution is 0.0210. The van der Waals surface area contributed by atoms with E-state index in [0.717, 1.165) is 45.2 Å². The molecular formula is C20H28N2O2. The molecule has 2 aromatic rings. The number of hydrogen-bond donors (Lipinski definition) is 1. The van der Waals surface area contributed by atoms with E-state index in [0.29, 0.717) is 0 Å². The summed E-state index contributed by atoms with van der Waals surface area (Å²) in [7, 11) is 0. The third-order valence-corrected chi connectivity index (χ3v) is 4.50. The predicted molar refractivity (Wildman–Crippen MR) is 96.0 cm³/mol. The van der Waals surface area contributed by atoms with Crippen molar-refractivity contribution >= 4 is 0 Å². The first-order valence-electron chi connectivity index (χ1n) is 8.76. The SMILES string of the molecule is CC(C)(CNC(c1ccccc1)c1ccco1)CN1CCOCC1. The van der Waals surface area contributed by atoms with Gasteiger partial charge in [-0.2, -0.15) is 0 Å². The predicted octanol–water partition coefficient (Wildman–Crippen LogP) is 3.32. The van der Waals surface area contributed by atoms with Crippen molar-refractivity contribution in [1.82, 2.24) is 10.2 Å². The number of hydrogen-bond acceptors (Lipinski definition) is 4. The zero-order valence-electron chi connectivity index (χ0n) is 14.7. The molecule has 1 saturated heterocycles. The van der Waals surface area contributed by atoms with Crippen LogP contribution in [0.25, 0.3) is 0 Å². The Morgan fingerprint density at radius 3 is 2.50 bits per heavy atom. The van der Waals surface area contributed by atoms with Crippen LogP contribution in [0.15, 0.2) is 53.1 Å². The van der Waals surface area contributed by atoms with E-state index in [4.69, 9.17) is 9.15 Å². The summed E-state index contributed by atoms with van der Waals surface area (Å²) < 4.78 is 11.1. The fourth-order valence-electron chi connectivity index (χ4n) is 3.28. The molecule has 3 rings (SSSR count). The molecule has 2 heterocycles. The van der Waals surface area contributed by atoms with Gasteiger partial charge >= 0.3 is 0 Å². The van der Waals surface area contributed by atoms with Crippen LogP contribution in [-0.4, -0.2) is 44.3 Å². The van der Waals surface area contributed by atoms with Gasteiger partial charge in [-0.3, -0.25) is 4.90 Å². The Hall–Kier alpha value is -1.62. The van der Waals surface area contributed by atoms with Crippen molar-refractivity contribution in [2.24, 2.45) is 5.41 Å². The largest absolute Gasteiger partial charge is 0.467 e. The standard InChI is InChI=1S/C20H28N2O2/c1-20(2,16-22-10-13-23-14-11-22)15-21-19(18-9-6-12-24-18)17-7-4-3-5-8-17/h3-9,12,19,21H,10-11,13-16H2,1-2H3. The highest BCUT2D eigenvalue weighted by Crippen LogP contribution is 2.25. The van der Waals surface area contributed by atoms with Crippen molar-refractivity contribution in [2.75, 3.05) is 39.4 Å². The van der Waals surface area contributed by atoms with Crippen LogP contribution in [0.2, 0.25) is 0 Å². The topological polar surface area (TPSA) is 37.6 Å². The van der Waals surface area contributed by atoms with Crippen molar-refractivity contribution in [3.63, 3.8) is 0 Å². The quantitative estimate of drug-likeness (QED) is 0.846. The first kappa shape index (κ1) is 17.2. The van der Waals surface area contributed by atoms with Crippen molar-refractivity contribution in [2.45, 2.75) is 19.9 Å². The Morgan fingerprint density at radius 2 is 1.83 bits per heavy atom. The van der Waals surface area contributed by atoms with Crippen LogP contribution in [0.4, 0.5) is 0 Å². The van der Waals surface area contributed by atoms with Crippen LogP contribution < -0.4 is 5.32 Å². The van der Waals surface area contributed by atoms with Gasteiger partial charge in [0.2, 0.25) is 0 Å². The molecule has 1 atom stereocenters. The van der Waals surface area contributed by atoms with Crippen LogP contribution in [0.5, 0.6) is 0 Å². The smallest absolute Gasteiger partial charge is 0.125 e. The molecule has 1 fully saturated rings. The fraction of sp³-hybridized carbons (Fsp3) is 0.500. The summed E-state index contributed by atoms with van der Waals surface area (Å²) in [5.74, 6) is 0.961. The Kier molecular flexibility index (Phi) is 5.72. The lowest BCUT2D eigenvalue weighted by Crippen LogP contribution is -2.45. The number of nitrogens with zero attached hydrogens (tertiary/aromatic N) is 1. The van der Waals surface area contributed by atoms with Gasteiger partial charge in [-0.25, -0.2) is 0 Å². The van der Waals surface area contributed by atoms with Gasteiger partial charge in [-0.15, -0.1) is 0 Å². The maximum atomic E-state index is 5.68. The lowest BCUT2D eigenvalue weighted by atomic mass is 9.91. The van der Waals surface area contributed by atoms with E-state index in [2.05, 4.69) is 48.3 Å². The normalized spacial score (nSPS) is 17.8. The number of rotatable bonds is 7. The molecule has 0 spiro atoms. The summed E-state index contributed by atoms with van der Waals surface area (Å²) in [5.41, 5.74) is 1.41. The van der Waals surface area contributed by atoms with Gasteiger partial charge in [0.05, 0.1) is 25.5 Å². The van der Waals surface area contributed by atoms with Crippen LogP contribution in [0, 0.1) is 5.41 Å². The van der Waals surface area contributed by atoms with E-state index in [-0.39, 0.29) is 11.5 Å². The monoisotopic (exact) mass is 328 g/mol. The molecule has 4 heteroatoms. The first-order valence-corrected chi connectivity index (χ1v) is 8.76. The van der Waals surface area contributed by atoms with Gasteiger partial charge in [-0.1, -0.05) is 44.2 Å². The minimum absolute atomic E-state index is 0.0881. The van der Waals surface area contributed by atoms with Crippen molar-refractivity contribution in [1.29, 1.82) is 0 Å². The summed E-state index contributed by atoms with van der Waals surface area (Å²) in [6.45, 7) is 10.4. The van der Waals surface area contributed by atoms with Gasteiger partial charge in [0.15, 0.2) is 0 Å². The van der Waals surface area contributed by atoms with Gasteiger partial charge in [-0.05, 0) is 23.1 Å². The van der Waals surface area contributed by atoms with Crippen molar-refractivity contribution < 1.29 is 9.15 Å². The van der Waals surface area contributed by atoms with Crippen LogP contribution in [0.1, 0.15) is 31.2 Å². The molecule has 0 saturated carbocycles.